The van der Waals surface area contributed by atoms with Crippen LogP contribution in [0.5, 0.6) is 0 Å². The number of nitrogens with two attached hydrogens (primary N) is 1. The van der Waals surface area contributed by atoms with Crippen molar-refractivity contribution < 1.29 is 13.0 Å². The van der Waals surface area contributed by atoms with Crippen molar-refractivity contribution in [3.8, 4) is 0 Å². The molecular formula is C9H12N2O3S. The Hall–Kier alpha value is -0.950. The lowest BCUT2D eigenvalue weighted by atomic mass is 9.93. The van der Waals surface area contributed by atoms with Gasteiger partial charge in [0, 0.05) is 12.6 Å². The van der Waals surface area contributed by atoms with Gasteiger partial charge in [0.1, 0.15) is 0 Å². The van der Waals surface area contributed by atoms with Gasteiger partial charge in [0.25, 0.3) is 0 Å². The van der Waals surface area contributed by atoms with E-state index in [0.717, 1.165) is 9.87 Å². The van der Waals surface area contributed by atoms with Crippen LogP contribution < -0.4 is 5.73 Å². The summed E-state index contributed by atoms with van der Waals surface area (Å²) < 4.78 is 31.9. The van der Waals surface area contributed by atoms with E-state index in [1.807, 2.05) is 18.2 Å². The average molecular weight is 228 g/mol. The summed E-state index contributed by atoms with van der Waals surface area (Å²) in [5.41, 5.74) is 6.52. The smallest absolute Gasteiger partial charge is 0.325 e. The number of nitrogens with zero attached hydrogens (tertiary/aromatic N) is 1. The molecule has 2 rings (SSSR count). The normalized spacial score (nSPS) is 27.3. The van der Waals surface area contributed by atoms with E-state index in [0.29, 0.717) is 0 Å². The van der Waals surface area contributed by atoms with Gasteiger partial charge in [-0.1, -0.05) is 30.3 Å². The van der Waals surface area contributed by atoms with Gasteiger partial charge in [0.15, 0.2) is 0 Å². The maximum Gasteiger partial charge on any atom is 0.336 e. The molecule has 1 heterocycles. The fourth-order valence-electron chi connectivity index (χ4n) is 1.80. The first-order valence-electron chi connectivity index (χ1n) is 4.55. The first kappa shape index (κ1) is 10.6. The summed E-state index contributed by atoms with van der Waals surface area (Å²) in [4.78, 5) is 0. The molecule has 1 aliphatic heterocycles. The third-order valence-corrected chi connectivity index (χ3v) is 3.51. The highest BCUT2D eigenvalue weighted by Crippen LogP contribution is 2.33. The van der Waals surface area contributed by atoms with Gasteiger partial charge < -0.3 is 5.73 Å². The highest BCUT2D eigenvalue weighted by molar-refractivity contribution is 7.83. The standard InChI is InChI=1S/C9H12N2O3S/c10-8-6-11(15(12,13)14)9(8)7-4-2-1-3-5-7/h1-5,8-9H,6,10H2,(H,12,13,14)/t8-,9+/m0/s1. The summed E-state index contributed by atoms with van der Waals surface area (Å²) in [6.07, 6.45) is 0. The number of hydrogen-bond donors (Lipinski definition) is 2. The van der Waals surface area contributed by atoms with E-state index in [1.165, 1.54) is 0 Å². The fourth-order valence-corrected chi connectivity index (χ4v) is 2.72. The summed E-state index contributed by atoms with van der Waals surface area (Å²) in [5, 5.41) is 0. The fraction of sp³-hybridized carbons (Fsp3) is 0.333. The van der Waals surface area contributed by atoms with Crippen LogP contribution in [0.1, 0.15) is 11.6 Å². The summed E-state index contributed by atoms with van der Waals surface area (Å²) in [6, 6.07) is 8.34. The van der Waals surface area contributed by atoms with E-state index in [-0.39, 0.29) is 12.6 Å². The van der Waals surface area contributed by atoms with Gasteiger partial charge in [-0.15, -0.1) is 0 Å². The molecule has 0 aromatic heterocycles. The molecule has 1 saturated heterocycles. The van der Waals surface area contributed by atoms with Crippen molar-refractivity contribution in [1.29, 1.82) is 0 Å². The first-order valence-corrected chi connectivity index (χ1v) is 5.94. The zero-order chi connectivity index (χ0) is 11.1. The SMILES string of the molecule is N[C@H]1CN(S(=O)(=O)O)[C@@H]1c1ccccc1. The van der Waals surface area contributed by atoms with Crippen molar-refractivity contribution in [3.05, 3.63) is 35.9 Å². The van der Waals surface area contributed by atoms with Gasteiger partial charge in [-0.25, -0.2) is 0 Å². The van der Waals surface area contributed by atoms with Gasteiger partial charge in [0.2, 0.25) is 0 Å². The van der Waals surface area contributed by atoms with Gasteiger partial charge in [-0.3, -0.25) is 4.55 Å². The van der Waals surface area contributed by atoms with E-state index < -0.39 is 16.3 Å². The van der Waals surface area contributed by atoms with E-state index in [1.54, 1.807) is 12.1 Å². The molecule has 0 unspecified atom stereocenters. The largest absolute Gasteiger partial charge is 0.336 e. The zero-order valence-electron chi connectivity index (χ0n) is 7.95. The Labute approximate surface area is 88.4 Å². The Bertz CT molecular complexity index is 446. The molecule has 3 N–H and O–H groups in total. The molecule has 1 fully saturated rings. The molecule has 6 heteroatoms. The molecule has 0 radical (unpaired) electrons. The molecule has 5 nitrogen and oxygen atoms in total. The lowest BCUT2D eigenvalue weighted by Crippen LogP contribution is -2.59. The second-order valence-electron chi connectivity index (χ2n) is 3.57. The molecule has 0 bridgehead atoms. The van der Waals surface area contributed by atoms with Crippen LogP contribution in [0.2, 0.25) is 0 Å². The first-order chi connectivity index (χ1) is 7.00. The Morgan fingerprint density at radius 1 is 1.33 bits per heavy atom. The quantitative estimate of drug-likeness (QED) is 0.707. The topological polar surface area (TPSA) is 83.6 Å². The highest BCUT2D eigenvalue weighted by Gasteiger charge is 2.44. The van der Waals surface area contributed by atoms with Crippen LogP contribution in [0.25, 0.3) is 0 Å². The molecule has 15 heavy (non-hydrogen) atoms. The Kier molecular flexibility index (Phi) is 2.51. The second kappa shape index (κ2) is 3.57. The molecule has 0 amide bonds. The lowest BCUT2D eigenvalue weighted by Gasteiger charge is -2.43. The van der Waals surface area contributed by atoms with Gasteiger partial charge in [-0.2, -0.15) is 12.7 Å². The van der Waals surface area contributed by atoms with Crippen LogP contribution in [0.15, 0.2) is 30.3 Å². The van der Waals surface area contributed by atoms with Crippen LogP contribution in [-0.2, 0) is 10.3 Å². The van der Waals surface area contributed by atoms with E-state index >= 15 is 0 Å². The van der Waals surface area contributed by atoms with Gasteiger partial charge >= 0.3 is 10.3 Å². The number of rotatable bonds is 2. The van der Waals surface area contributed by atoms with Crippen LogP contribution in [0.4, 0.5) is 0 Å². The van der Waals surface area contributed by atoms with E-state index in [4.69, 9.17) is 10.3 Å². The van der Waals surface area contributed by atoms with Crippen LogP contribution in [0.3, 0.4) is 0 Å². The van der Waals surface area contributed by atoms with Gasteiger partial charge in [-0.05, 0) is 5.56 Å². The summed E-state index contributed by atoms with van der Waals surface area (Å²) in [6.45, 7) is 0.165. The van der Waals surface area contributed by atoms with Crippen molar-refractivity contribution in [2.75, 3.05) is 6.54 Å². The molecule has 0 aliphatic carbocycles. The maximum absolute atomic E-state index is 11.0. The molecule has 1 aromatic rings. The lowest BCUT2D eigenvalue weighted by molar-refractivity contribution is 0.147. The predicted molar refractivity (Wildman–Crippen MR) is 55.4 cm³/mol. The molecular weight excluding hydrogens is 216 g/mol. The van der Waals surface area contributed by atoms with Crippen LogP contribution in [-0.4, -0.2) is 29.9 Å². The third kappa shape index (κ3) is 1.89. The minimum atomic E-state index is -4.14. The predicted octanol–water partition coefficient (Wildman–Crippen LogP) is 0.173. The van der Waals surface area contributed by atoms with Gasteiger partial charge in [0.05, 0.1) is 6.04 Å². The monoisotopic (exact) mass is 228 g/mol. The van der Waals surface area contributed by atoms with Crippen molar-refractivity contribution in [1.82, 2.24) is 4.31 Å². The van der Waals surface area contributed by atoms with Crippen molar-refractivity contribution in [3.63, 3.8) is 0 Å². The van der Waals surface area contributed by atoms with E-state index in [2.05, 4.69) is 0 Å². The van der Waals surface area contributed by atoms with Crippen molar-refractivity contribution in [2.45, 2.75) is 12.1 Å². The Morgan fingerprint density at radius 2 is 1.93 bits per heavy atom. The average Bonchev–Trinajstić information content (AvgIpc) is 2.14. The summed E-state index contributed by atoms with van der Waals surface area (Å²) in [7, 11) is -4.14. The summed E-state index contributed by atoms with van der Waals surface area (Å²) >= 11 is 0. The maximum atomic E-state index is 11.0. The number of hydrogen-bond acceptors (Lipinski definition) is 3. The minimum absolute atomic E-state index is 0.165. The summed E-state index contributed by atoms with van der Waals surface area (Å²) in [5.74, 6) is 0. The zero-order valence-corrected chi connectivity index (χ0v) is 8.76. The molecule has 0 saturated carbocycles. The molecule has 1 aliphatic rings. The van der Waals surface area contributed by atoms with Crippen molar-refractivity contribution in [2.24, 2.45) is 5.73 Å². The molecule has 0 spiro atoms. The Morgan fingerprint density at radius 3 is 2.40 bits per heavy atom. The van der Waals surface area contributed by atoms with E-state index in [9.17, 15) is 8.42 Å². The Balaban J connectivity index is 2.29. The minimum Gasteiger partial charge on any atom is -0.325 e. The second-order valence-corrected chi connectivity index (χ2v) is 4.93. The third-order valence-electron chi connectivity index (χ3n) is 2.54. The molecule has 82 valence electrons. The molecule has 2 atom stereocenters. The van der Waals surface area contributed by atoms with Crippen LogP contribution >= 0.6 is 0 Å². The highest BCUT2D eigenvalue weighted by atomic mass is 32.2. The van der Waals surface area contributed by atoms with Crippen LogP contribution in [0, 0.1) is 0 Å². The molecule has 1 aromatic carbocycles. The van der Waals surface area contributed by atoms with Crippen molar-refractivity contribution >= 4 is 10.3 Å². The number of benzene rings is 1.